The van der Waals surface area contributed by atoms with Gasteiger partial charge in [-0.2, -0.15) is 0 Å². The molecular weight excluding hydrogens is 849 g/mol. The van der Waals surface area contributed by atoms with Crippen molar-refractivity contribution in [3.8, 4) is 34.5 Å². The van der Waals surface area contributed by atoms with Crippen molar-refractivity contribution in [2.75, 3.05) is 20.5 Å². The first-order valence-corrected chi connectivity index (χ1v) is 25.4. The molecule has 11 heteroatoms. The summed E-state index contributed by atoms with van der Waals surface area (Å²) in [6, 6.07) is 10.4. The van der Waals surface area contributed by atoms with Crippen LogP contribution >= 0.6 is 0 Å². The first-order valence-electron chi connectivity index (χ1n) is 25.4. The van der Waals surface area contributed by atoms with Gasteiger partial charge in [-0.3, -0.25) is 0 Å². The average Bonchev–Trinajstić information content (AvgIpc) is 3.27. The molecule has 9 atom stereocenters. The fourth-order valence-corrected chi connectivity index (χ4v) is 12.8. The zero-order valence-corrected chi connectivity index (χ0v) is 41.4. The monoisotopic (exact) mass is 921 g/mol. The van der Waals surface area contributed by atoms with Gasteiger partial charge in [0.2, 0.25) is 0 Å². The fourth-order valence-electron chi connectivity index (χ4n) is 12.8. The highest BCUT2D eigenvalue weighted by Crippen LogP contribution is 2.69. The molecule has 3 aliphatic heterocycles. The third kappa shape index (κ3) is 8.63. The smallest absolute Gasteiger partial charge is 0.342 e. The minimum atomic E-state index is -1.22. The summed E-state index contributed by atoms with van der Waals surface area (Å²) in [5, 5.41) is 0. The lowest BCUT2D eigenvalue weighted by Gasteiger charge is -2.48. The topological polar surface area (TPSA) is 125 Å². The second-order valence-corrected chi connectivity index (χ2v) is 22.0. The molecule has 3 aliphatic carbocycles. The number of rotatable bonds is 14. The molecule has 0 aromatic heterocycles. The van der Waals surface area contributed by atoms with Crippen LogP contribution in [0.3, 0.4) is 0 Å². The Morgan fingerprint density at radius 1 is 0.537 bits per heavy atom. The maximum Gasteiger partial charge on any atom is 0.342 e. The van der Waals surface area contributed by atoms with Crippen LogP contribution in [0, 0.1) is 53.3 Å². The second kappa shape index (κ2) is 19.1. The first-order chi connectivity index (χ1) is 32.1. The molecule has 0 bridgehead atoms. The molecule has 0 radical (unpaired) electrons. The fraction of sp³-hybridized carbons (Fsp3) is 0.625. The average molecular weight is 921 g/mol. The Morgan fingerprint density at radius 3 is 1.16 bits per heavy atom. The lowest BCUT2D eigenvalue weighted by Crippen LogP contribution is -2.41. The molecule has 3 fully saturated rings. The summed E-state index contributed by atoms with van der Waals surface area (Å²) < 4.78 is 51.9. The molecule has 3 saturated carbocycles. The molecule has 362 valence electrons. The van der Waals surface area contributed by atoms with E-state index < -0.39 is 23.3 Å². The van der Waals surface area contributed by atoms with Crippen LogP contribution < -0.4 is 14.2 Å². The molecule has 3 aromatic rings. The number of esters is 3. The van der Waals surface area contributed by atoms with Crippen molar-refractivity contribution < 1.29 is 52.3 Å². The Labute approximate surface area is 397 Å². The molecule has 9 rings (SSSR count). The predicted octanol–water partition coefficient (Wildman–Crippen LogP) is 13.2. The predicted molar refractivity (Wildman–Crippen MR) is 254 cm³/mol. The number of benzene rings is 3. The Hall–Kier alpha value is -4.61. The van der Waals surface area contributed by atoms with Crippen LogP contribution in [0.15, 0.2) is 36.4 Å². The van der Waals surface area contributed by atoms with Gasteiger partial charge in [0.1, 0.15) is 76.3 Å². The van der Waals surface area contributed by atoms with Crippen LogP contribution in [-0.2, 0) is 29.1 Å². The van der Waals surface area contributed by atoms with Gasteiger partial charge in [-0.15, -0.1) is 0 Å². The van der Waals surface area contributed by atoms with Gasteiger partial charge < -0.3 is 37.9 Å². The van der Waals surface area contributed by atoms with Crippen LogP contribution in [0.25, 0.3) is 0 Å². The van der Waals surface area contributed by atoms with Crippen LogP contribution in [-0.4, -0.2) is 56.7 Å². The van der Waals surface area contributed by atoms with Gasteiger partial charge in [0.25, 0.3) is 0 Å². The van der Waals surface area contributed by atoms with Crippen LogP contribution in [0.5, 0.6) is 34.5 Å². The van der Waals surface area contributed by atoms with Gasteiger partial charge in [0, 0.05) is 7.11 Å². The molecule has 0 N–H and O–H groups in total. The highest BCUT2D eigenvalue weighted by molar-refractivity contribution is 6.00. The van der Waals surface area contributed by atoms with E-state index in [0.29, 0.717) is 86.7 Å². The van der Waals surface area contributed by atoms with Crippen molar-refractivity contribution in [2.24, 2.45) is 53.3 Å². The summed E-state index contributed by atoms with van der Waals surface area (Å²) in [5.74, 6) is 3.65. The van der Waals surface area contributed by atoms with Crippen LogP contribution in [0.2, 0.25) is 0 Å². The Bertz CT molecular complexity index is 2120. The van der Waals surface area contributed by atoms with Gasteiger partial charge in [-0.1, -0.05) is 81.6 Å². The number of carbonyl (C=O) groups excluding carboxylic acids is 3. The van der Waals surface area contributed by atoms with E-state index in [1.807, 2.05) is 0 Å². The maximum atomic E-state index is 14.8. The SMILES string of the molecule is COCOCCC12c3c4ccc(C(=O)O[C@H]5C[C@@H](C)CC[C@@H]5C(C)C)c3Oc3ccc(C(=O)O[C@H]5C[C@@H](C)CC[C@@H]5C(C)C)c(c31)Oc1ccc(C(=O)O[C@H]3C[C@@H](C)CC[C@@H]3C(C)C)c(c12)O4. The number of carbonyl (C=O) groups is 3. The summed E-state index contributed by atoms with van der Waals surface area (Å²) in [6.45, 7) is 20.0. The maximum absolute atomic E-state index is 14.8. The molecule has 0 spiro atoms. The highest BCUT2D eigenvalue weighted by atomic mass is 16.7. The summed E-state index contributed by atoms with van der Waals surface area (Å²) in [6.07, 6.45) is 8.14. The van der Waals surface area contributed by atoms with Crippen molar-refractivity contribution in [1.82, 2.24) is 0 Å². The molecule has 3 heterocycles. The number of hydrogen-bond acceptors (Lipinski definition) is 11. The van der Waals surface area contributed by atoms with Gasteiger partial charge >= 0.3 is 17.9 Å². The number of methoxy groups -OCH3 is 1. The lowest BCUT2D eigenvalue weighted by atomic mass is 9.62. The summed E-state index contributed by atoms with van der Waals surface area (Å²) in [4.78, 5) is 44.3. The van der Waals surface area contributed by atoms with E-state index in [-0.39, 0.29) is 72.6 Å². The quantitative estimate of drug-likeness (QED) is 0.0519. The Morgan fingerprint density at radius 2 is 0.866 bits per heavy atom. The van der Waals surface area contributed by atoms with Gasteiger partial charge in [0.05, 0.1) is 28.7 Å². The molecule has 3 aromatic carbocycles. The minimum Gasteiger partial charge on any atom is -0.458 e. The molecule has 67 heavy (non-hydrogen) atoms. The second-order valence-electron chi connectivity index (χ2n) is 22.0. The van der Waals surface area contributed by atoms with Crippen LogP contribution in [0.4, 0.5) is 0 Å². The van der Waals surface area contributed by atoms with Crippen molar-refractivity contribution in [2.45, 2.75) is 150 Å². The zero-order chi connectivity index (χ0) is 47.5. The standard InChI is InChI=1S/C56H72O11/c1-29(2)35-14-11-32(7)25-44(35)65-53(57)38-17-20-41-47-50(38)62-42-21-18-39(54(58)66-45-26-33(8)12-15-36(45)30(3)4)51-48(42)56(47,23-24-61-28-60-10)49-43(64-51)22-19-40(52(49)63-41)55(59)67-46-27-34(9)13-16-37(46)31(5)6/h17-22,29-37,44-46H,11-16,23-28H2,1-10H3/t32-,33-,34-,35+,36+,37+,44-,45-,46-,56?/m0/s1. The van der Waals surface area contributed by atoms with Gasteiger partial charge in [-0.05, 0) is 135 Å². The van der Waals surface area contributed by atoms with E-state index in [4.69, 9.17) is 37.9 Å². The van der Waals surface area contributed by atoms with Crippen molar-refractivity contribution in [3.05, 3.63) is 69.8 Å². The van der Waals surface area contributed by atoms with E-state index in [0.717, 1.165) is 57.8 Å². The zero-order valence-electron chi connectivity index (χ0n) is 41.4. The lowest BCUT2D eigenvalue weighted by molar-refractivity contribution is -0.0343. The van der Waals surface area contributed by atoms with Crippen LogP contribution in [0.1, 0.15) is 174 Å². The van der Waals surface area contributed by atoms with Gasteiger partial charge in [0.15, 0.2) is 0 Å². The van der Waals surface area contributed by atoms with E-state index >= 15 is 0 Å². The number of hydrogen-bond donors (Lipinski definition) is 0. The normalized spacial score (nSPS) is 27.6. The molecule has 0 amide bonds. The van der Waals surface area contributed by atoms with Gasteiger partial charge in [-0.25, -0.2) is 14.4 Å². The molecule has 0 saturated heterocycles. The molecule has 6 aliphatic rings. The van der Waals surface area contributed by atoms with E-state index in [1.165, 1.54) is 0 Å². The molecule has 11 nitrogen and oxygen atoms in total. The van der Waals surface area contributed by atoms with E-state index in [9.17, 15) is 14.4 Å². The third-order valence-corrected chi connectivity index (χ3v) is 16.4. The van der Waals surface area contributed by atoms with E-state index in [2.05, 4.69) is 62.3 Å². The van der Waals surface area contributed by atoms with Crippen molar-refractivity contribution in [1.29, 1.82) is 0 Å². The highest BCUT2D eigenvalue weighted by Gasteiger charge is 2.58. The van der Waals surface area contributed by atoms with Crippen molar-refractivity contribution in [3.63, 3.8) is 0 Å². The molecular formula is C56H72O11. The Balaban J connectivity index is 1.21. The number of ether oxygens (including phenoxy) is 8. The largest absolute Gasteiger partial charge is 0.458 e. The molecule has 0 unspecified atom stereocenters. The summed E-state index contributed by atoms with van der Waals surface area (Å²) in [5.41, 5.74) is 1.30. The van der Waals surface area contributed by atoms with Crippen molar-refractivity contribution >= 4 is 17.9 Å². The van der Waals surface area contributed by atoms with E-state index in [1.54, 1.807) is 43.5 Å². The Kier molecular flexibility index (Phi) is 13.5. The third-order valence-electron chi connectivity index (χ3n) is 16.4. The summed E-state index contributed by atoms with van der Waals surface area (Å²) >= 11 is 0. The first kappa shape index (κ1) is 47.5. The summed E-state index contributed by atoms with van der Waals surface area (Å²) in [7, 11) is 1.57. The minimum absolute atomic E-state index is 0.0360.